The van der Waals surface area contributed by atoms with Crippen LogP contribution in [0.2, 0.25) is 10.0 Å². The topological polar surface area (TPSA) is 43.4 Å². The number of unbranched alkanes of at least 4 members (excludes halogenated alkanes) is 3. The molecule has 1 aromatic rings. The summed E-state index contributed by atoms with van der Waals surface area (Å²) in [5.74, 6) is 0.658. The summed E-state index contributed by atoms with van der Waals surface area (Å²) in [4.78, 5) is 23.6. The van der Waals surface area contributed by atoms with E-state index in [2.05, 4.69) is 6.08 Å². The van der Waals surface area contributed by atoms with E-state index < -0.39 is 0 Å². The van der Waals surface area contributed by atoms with Crippen LogP contribution < -0.4 is 0 Å². The smallest absolute Gasteiger partial charge is 0.305 e. The van der Waals surface area contributed by atoms with Crippen LogP contribution in [-0.4, -0.2) is 18.4 Å². The summed E-state index contributed by atoms with van der Waals surface area (Å²) in [6.07, 6.45) is 11.1. The fraction of sp³-hybridized carbons (Fsp3) is 0.545. The van der Waals surface area contributed by atoms with Crippen molar-refractivity contribution in [1.82, 2.24) is 0 Å². The molecule has 1 aromatic carbocycles. The molecule has 1 saturated carbocycles. The highest BCUT2D eigenvalue weighted by Crippen LogP contribution is 2.34. The zero-order valence-corrected chi connectivity index (χ0v) is 17.4. The van der Waals surface area contributed by atoms with Gasteiger partial charge >= 0.3 is 5.97 Å². The quantitative estimate of drug-likeness (QED) is 0.326. The van der Waals surface area contributed by atoms with Gasteiger partial charge in [-0.15, -0.1) is 0 Å². The first-order valence-corrected chi connectivity index (χ1v) is 10.6. The molecule has 3 nitrogen and oxygen atoms in total. The lowest BCUT2D eigenvalue weighted by Crippen LogP contribution is -2.13. The third-order valence-electron chi connectivity index (χ3n) is 5.03. The number of rotatable bonds is 10. The second kappa shape index (κ2) is 11.5. The number of carbonyl (C=O) groups is 2. The van der Waals surface area contributed by atoms with Crippen molar-refractivity contribution in [3.05, 3.63) is 39.9 Å². The van der Waals surface area contributed by atoms with Gasteiger partial charge in [0.1, 0.15) is 5.78 Å². The Morgan fingerprint density at radius 3 is 2.56 bits per heavy atom. The number of ketones is 1. The molecule has 2 unspecified atom stereocenters. The van der Waals surface area contributed by atoms with Gasteiger partial charge in [-0.2, -0.15) is 0 Å². The Balaban J connectivity index is 1.77. The van der Waals surface area contributed by atoms with E-state index >= 15 is 0 Å². The molecule has 0 spiro atoms. The summed E-state index contributed by atoms with van der Waals surface area (Å²) >= 11 is 12.1. The van der Waals surface area contributed by atoms with Crippen LogP contribution in [-0.2, 0) is 14.3 Å². The van der Waals surface area contributed by atoms with Crippen LogP contribution in [0.25, 0.3) is 6.08 Å². The summed E-state index contributed by atoms with van der Waals surface area (Å²) in [6.45, 7) is 2.27. The maximum absolute atomic E-state index is 12.2. The molecule has 0 heterocycles. The number of benzene rings is 1. The van der Waals surface area contributed by atoms with Crippen molar-refractivity contribution in [3.63, 3.8) is 0 Å². The molecule has 0 N–H and O–H groups in total. The van der Waals surface area contributed by atoms with Gasteiger partial charge in [-0.3, -0.25) is 9.59 Å². The Morgan fingerprint density at radius 2 is 1.85 bits per heavy atom. The largest absolute Gasteiger partial charge is 0.466 e. The second-order valence-electron chi connectivity index (χ2n) is 7.10. The van der Waals surface area contributed by atoms with Crippen LogP contribution in [0.5, 0.6) is 0 Å². The van der Waals surface area contributed by atoms with E-state index in [1.54, 1.807) is 6.07 Å². The van der Waals surface area contributed by atoms with E-state index in [1.165, 1.54) is 0 Å². The molecule has 0 bridgehead atoms. The van der Waals surface area contributed by atoms with Crippen LogP contribution in [0, 0.1) is 11.8 Å². The summed E-state index contributed by atoms with van der Waals surface area (Å²) in [6, 6.07) is 5.46. The number of allylic oxidation sites excluding steroid dienone is 1. The number of carbonyl (C=O) groups excluding carboxylic acids is 2. The molecule has 5 heteroatoms. The predicted octanol–water partition coefficient (Wildman–Crippen LogP) is 6.51. The zero-order chi connectivity index (χ0) is 19.6. The normalized spacial score (nSPS) is 19.7. The average molecular weight is 411 g/mol. The van der Waals surface area contributed by atoms with Crippen molar-refractivity contribution in [3.8, 4) is 0 Å². The van der Waals surface area contributed by atoms with Crippen LogP contribution in [0.1, 0.15) is 63.9 Å². The molecule has 0 aromatic heterocycles. The lowest BCUT2D eigenvalue weighted by atomic mass is 9.89. The van der Waals surface area contributed by atoms with Crippen LogP contribution in [0.4, 0.5) is 0 Å². The van der Waals surface area contributed by atoms with Gasteiger partial charge in [-0.1, -0.05) is 54.6 Å². The molecule has 0 amide bonds. The Hall–Kier alpha value is -1.32. The van der Waals surface area contributed by atoms with E-state index in [0.29, 0.717) is 35.3 Å². The summed E-state index contributed by atoms with van der Waals surface area (Å²) in [5.41, 5.74) is 0.963. The summed E-state index contributed by atoms with van der Waals surface area (Å²) in [7, 11) is 0. The minimum absolute atomic E-state index is 0.112. The maximum atomic E-state index is 12.2. The highest BCUT2D eigenvalue weighted by atomic mass is 35.5. The third kappa shape index (κ3) is 7.67. The van der Waals surface area contributed by atoms with Gasteiger partial charge in [0.05, 0.1) is 6.61 Å². The molecule has 0 radical (unpaired) electrons. The summed E-state index contributed by atoms with van der Waals surface area (Å²) < 4.78 is 4.93. The Bertz CT molecular complexity index is 649. The predicted molar refractivity (Wildman–Crippen MR) is 111 cm³/mol. The van der Waals surface area contributed by atoms with E-state index in [-0.39, 0.29) is 17.8 Å². The third-order valence-corrected chi connectivity index (χ3v) is 5.46. The van der Waals surface area contributed by atoms with Gasteiger partial charge in [0.15, 0.2) is 0 Å². The van der Waals surface area contributed by atoms with Crippen molar-refractivity contribution < 1.29 is 14.3 Å². The average Bonchev–Trinajstić information content (AvgIpc) is 2.95. The first-order valence-electron chi connectivity index (χ1n) is 9.82. The van der Waals surface area contributed by atoms with Crippen molar-refractivity contribution in [2.45, 2.75) is 58.3 Å². The van der Waals surface area contributed by atoms with Gasteiger partial charge in [0.25, 0.3) is 0 Å². The van der Waals surface area contributed by atoms with E-state index in [1.807, 2.05) is 25.1 Å². The van der Waals surface area contributed by atoms with E-state index in [0.717, 1.165) is 44.1 Å². The van der Waals surface area contributed by atoms with Gasteiger partial charge < -0.3 is 4.74 Å². The number of esters is 1. The number of ether oxygens (including phenoxy) is 1. The number of Topliss-reactive ketones (excluding diaryl/α,β-unsaturated/α-hetero) is 1. The fourth-order valence-electron chi connectivity index (χ4n) is 3.67. The molecule has 0 saturated heterocycles. The van der Waals surface area contributed by atoms with E-state index in [4.69, 9.17) is 27.9 Å². The minimum Gasteiger partial charge on any atom is -0.466 e. The lowest BCUT2D eigenvalue weighted by molar-refractivity contribution is -0.143. The standard InChI is InChI=1S/C22H28Cl2O3/c1-2-27-22(26)8-6-4-3-5-7-20-17(11-12-21(20)25)10-9-16-13-18(23)15-19(24)14-16/h9-10,13-15,17,20H,2-8,11-12H2,1H3/b10-9+. The second-order valence-corrected chi connectivity index (χ2v) is 7.97. The SMILES string of the molecule is CCOC(=O)CCCCCCC1C(=O)CCC1/C=C/c1cc(Cl)cc(Cl)c1. The molecule has 27 heavy (non-hydrogen) atoms. The molecule has 2 atom stereocenters. The van der Waals surface area contributed by atoms with E-state index in [9.17, 15) is 9.59 Å². The first-order chi connectivity index (χ1) is 13.0. The Kier molecular flexibility index (Phi) is 9.36. The highest BCUT2D eigenvalue weighted by molar-refractivity contribution is 6.34. The van der Waals surface area contributed by atoms with Gasteiger partial charge in [0.2, 0.25) is 0 Å². The van der Waals surface area contributed by atoms with Gasteiger partial charge in [0, 0.05) is 28.8 Å². The number of hydrogen-bond donors (Lipinski definition) is 0. The number of halogens is 2. The monoisotopic (exact) mass is 410 g/mol. The molecular formula is C22H28Cl2O3. The Morgan fingerprint density at radius 1 is 1.15 bits per heavy atom. The molecule has 0 aliphatic heterocycles. The maximum Gasteiger partial charge on any atom is 0.305 e. The van der Waals surface area contributed by atoms with Crippen molar-refractivity contribution in [2.75, 3.05) is 6.61 Å². The van der Waals surface area contributed by atoms with Gasteiger partial charge in [-0.05, 0) is 55.9 Å². The van der Waals surface area contributed by atoms with Crippen LogP contribution in [0.15, 0.2) is 24.3 Å². The lowest BCUT2D eigenvalue weighted by Gasteiger charge is -2.15. The fourth-order valence-corrected chi connectivity index (χ4v) is 4.21. The zero-order valence-electron chi connectivity index (χ0n) is 15.9. The number of hydrogen-bond acceptors (Lipinski definition) is 3. The van der Waals surface area contributed by atoms with Gasteiger partial charge in [-0.25, -0.2) is 0 Å². The molecule has 2 rings (SSSR count). The molecule has 1 aliphatic rings. The minimum atomic E-state index is -0.116. The van der Waals surface area contributed by atoms with Crippen molar-refractivity contribution in [2.24, 2.45) is 11.8 Å². The Labute approximate surface area is 172 Å². The van der Waals surface area contributed by atoms with Crippen molar-refractivity contribution in [1.29, 1.82) is 0 Å². The molecule has 148 valence electrons. The molecule has 1 fully saturated rings. The van der Waals surface area contributed by atoms with Crippen molar-refractivity contribution >= 4 is 41.0 Å². The highest BCUT2D eigenvalue weighted by Gasteiger charge is 2.32. The van der Waals surface area contributed by atoms with Crippen LogP contribution in [0.3, 0.4) is 0 Å². The summed E-state index contributed by atoms with van der Waals surface area (Å²) in [5, 5.41) is 1.23. The molecular weight excluding hydrogens is 383 g/mol. The van der Waals surface area contributed by atoms with Crippen LogP contribution >= 0.6 is 23.2 Å². The molecule has 1 aliphatic carbocycles. The first kappa shape index (κ1) is 22.0.